The number of hydrogen-bond acceptors (Lipinski definition) is 3. The van der Waals surface area contributed by atoms with Crippen LogP contribution in [0.1, 0.15) is 18.6 Å². The summed E-state index contributed by atoms with van der Waals surface area (Å²) >= 11 is 3.34. The van der Waals surface area contributed by atoms with Gasteiger partial charge < -0.3 is 15.2 Å². The van der Waals surface area contributed by atoms with Crippen LogP contribution in [0.5, 0.6) is 5.75 Å². The maximum Gasteiger partial charge on any atom is 0.262 e. The second kappa shape index (κ2) is 7.24. The Bertz CT molecular complexity index is 614. The molecule has 0 aromatic heterocycles. The lowest BCUT2D eigenvalue weighted by molar-refractivity contribution is -0.118. The normalized spacial score (nSPS) is 11.8. The first-order valence-corrected chi connectivity index (χ1v) is 7.31. The van der Waals surface area contributed by atoms with E-state index in [1.807, 2.05) is 18.2 Å². The molecule has 0 aliphatic heterocycles. The Hall–Kier alpha value is -1.85. The van der Waals surface area contributed by atoms with Crippen molar-refractivity contribution in [2.45, 2.75) is 13.0 Å². The Morgan fingerprint density at radius 2 is 2.00 bits per heavy atom. The fourth-order valence-electron chi connectivity index (χ4n) is 1.84. The fourth-order valence-corrected chi connectivity index (χ4v) is 2.22. The van der Waals surface area contributed by atoms with E-state index in [2.05, 4.69) is 21.2 Å². The second-order valence-electron chi connectivity index (χ2n) is 4.56. The summed E-state index contributed by atoms with van der Waals surface area (Å²) in [7, 11) is 0. The predicted molar refractivity (Wildman–Crippen MR) is 85.3 cm³/mol. The van der Waals surface area contributed by atoms with Gasteiger partial charge in [0.25, 0.3) is 5.91 Å². The van der Waals surface area contributed by atoms with Crippen molar-refractivity contribution in [2.24, 2.45) is 0 Å². The summed E-state index contributed by atoms with van der Waals surface area (Å²) in [6.07, 6.45) is -0.672. The molecule has 0 bridgehead atoms. The average Bonchev–Trinajstić information content (AvgIpc) is 2.47. The van der Waals surface area contributed by atoms with Crippen LogP contribution in [0.3, 0.4) is 0 Å². The summed E-state index contributed by atoms with van der Waals surface area (Å²) in [5.74, 6) is 0.247. The zero-order valence-electron chi connectivity index (χ0n) is 11.5. The van der Waals surface area contributed by atoms with E-state index in [1.165, 1.54) is 0 Å². The van der Waals surface area contributed by atoms with Gasteiger partial charge in [-0.05, 0) is 37.3 Å². The predicted octanol–water partition coefficient (Wildman–Crippen LogP) is 3.52. The number of aliphatic hydroxyl groups is 1. The van der Waals surface area contributed by atoms with Gasteiger partial charge in [-0.2, -0.15) is 0 Å². The molecule has 4 nitrogen and oxygen atoms in total. The Balaban J connectivity index is 1.98. The highest BCUT2D eigenvalue weighted by Crippen LogP contribution is 2.28. The minimum Gasteiger partial charge on any atom is -0.483 e. The molecule has 0 fully saturated rings. The van der Waals surface area contributed by atoms with Gasteiger partial charge in [-0.15, -0.1) is 0 Å². The molecule has 2 aromatic carbocycles. The van der Waals surface area contributed by atoms with Crippen LogP contribution in [-0.4, -0.2) is 17.6 Å². The quantitative estimate of drug-likeness (QED) is 0.868. The zero-order chi connectivity index (χ0) is 15.2. The van der Waals surface area contributed by atoms with E-state index in [1.54, 1.807) is 37.3 Å². The molecular formula is C16H16BrNO3. The number of para-hydroxylation sites is 1. The second-order valence-corrected chi connectivity index (χ2v) is 5.48. The smallest absolute Gasteiger partial charge is 0.262 e. The summed E-state index contributed by atoms with van der Waals surface area (Å²) in [5.41, 5.74) is 1.36. The number of amides is 1. The van der Waals surface area contributed by atoms with Crippen LogP contribution in [0.25, 0.3) is 0 Å². The first-order valence-electron chi connectivity index (χ1n) is 6.51. The molecule has 2 aromatic rings. The highest BCUT2D eigenvalue weighted by atomic mass is 79.9. The summed E-state index contributed by atoms with van der Waals surface area (Å²) in [4.78, 5) is 11.8. The van der Waals surface area contributed by atoms with Crippen molar-refractivity contribution in [3.8, 4) is 5.75 Å². The lowest BCUT2D eigenvalue weighted by Gasteiger charge is -2.14. The number of aliphatic hydroxyl groups excluding tert-OH is 1. The van der Waals surface area contributed by atoms with Gasteiger partial charge in [0, 0.05) is 15.7 Å². The monoisotopic (exact) mass is 349 g/mol. The third-order valence-electron chi connectivity index (χ3n) is 2.84. The van der Waals surface area contributed by atoms with Gasteiger partial charge >= 0.3 is 0 Å². The molecule has 110 valence electrons. The van der Waals surface area contributed by atoms with Crippen LogP contribution in [-0.2, 0) is 4.79 Å². The summed E-state index contributed by atoms with van der Waals surface area (Å²) in [5, 5.41) is 12.5. The number of carbonyl (C=O) groups is 1. The third kappa shape index (κ3) is 4.58. The molecule has 0 aliphatic carbocycles. The van der Waals surface area contributed by atoms with Gasteiger partial charge in [-0.3, -0.25) is 4.79 Å². The van der Waals surface area contributed by atoms with Gasteiger partial charge in [0.15, 0.2) is 6.61 Å². The number of benzene rings is 2. The summed E-state index contributed by atoms with van der Waals surface area (Å²) in [6.45, 7) is 1.54. The van der Waals surface area contributed by atoms with Crippen LogP contribution in [0, 0.1) is 0 Å². The van der Waals surface area contributed by atoms with E-state index < -0.39 is 6.10 Å². The Kier molecular flexibility index (Phi) is 5.36. The van der Waals surface area contributed by atoms with Crippen molar-refractivity contribution >= 4 is 27.5 Å². The van der Waals surface area contributed by atoms with Gasteiger partial charge in [-0.1, -0.05) is 34.1 Å². The topological polar surface area (TPSA) is 58.6 Å². The molecule has 1 atom stereocenters. The molecule has 0 unspecified atom stereocenters. The van der Waals surface area contributed by atoms with Gasteiger partial charge in [0.1, 0.15) is 5.75 Å². The molecule has 0 saturated carbocycles. The number of anilines is 1. The van der Waals surface area contributed by atoms with Crippen molar-refractivity contribution in [1.29, 1.82) is 0 Å². The zero-order valence-corrected chi connectivity index (χ0v) is 13.1. The van der Waals surface area contributed by atoms with E-state index in [9.17, 15) is 9.90 Å². The molecule has 0 heterocycles. The van der Waals surface area contributed by atoms with Crippen LogP contribution in [0.2, 0.25) is 0 Å². The van der Waals surface area contributed by atoms with E-state index in [4.69, 9.17) is 4.74 Å². The maximum absolute atomic E-state index is 11.8. The standard InChI is InChI=1S/C16H16BrNO3/c1-11(19)14-9-12(17)7-8-15(14)21-10-16(20)18-13-5-3-2-4-6-13/h2-9,11,19H,10H2,1H3,(H,18,20)/t11-/m0/s1. The molecule has 2 N–H and O–H groups in total. The number of carbonyl (C=O) groups excluding carboxylic acids is 1. The molecule has 21 heavy (non-hydrogen) atoms. The third-order valence-corrected chi connectivity index (χ3v) is 3.33. The minimum atomic E-state index is -0.672. The van der Waals surface area contributed by atoms with Crippen molar-refractivity contribution in [3.63, 3.8) is 0 Å². The van der Waals surface area contributed by atoms with Crippen LogP contribution < -0.4 is 10.1 Å². The Morgan fingerprint density at radius 1 is 1.29 bits per heavy atom. The molecule has 0 spiro atoms. The molecular weight excluding hydrogens is 334 g/mol. The van der Waals surface area contributed by atoms with Gasteiger partial charge in [-0.25, -0.2) is 0 Å². The number of rotatable bonds is 5. The van der Waals surface area contributed by atoms with Crippen LogP contribution in [0.4, 0.5) is 5.69 Å². The average molecular weight is 350 g/mol. The SMILES string of the molecule is C[C@H](O)c1cc(Br)ccc1OCC(=O)Nc1ccccc1. The largest absolute Gasteiger partial charge is 0.483 e. The Morgan fingerprint density at radius 3 is 2.67 bits per heavy atom. The molecule has 5 heteroatoms. The molecule has 2 rings (SSSR count). The van der Waals surface area contributed by atoms with E-state index in [0.717, 1.165) is 10.2 Å². The number of nitrogens with one attached hydrogen (secondary N) is 1. The summed E-state index contributed by atoms with van der Waals surface area (Å²) < 4.78 is 6.34. The van der Waals surface area contributed by atoms with Gasteiger partial charge in [0.05, 0.1) is 6.10 Å². The van der Waals surface area contributed by atoms with E-state index >= 15 is 0 Å². The minimum absolute atomic E-state index is 0.115. The van der Waals surface area contributed by atoms with Crippen LogP contribution >= 0.6 is 15.9 Å². The number of ether oxygens (including phenoxy) is 1. The number of halogens is 1. The van der Waals surface area contributed by atoms with Crippen molar-refractivity contribution < 1.29 is 14.6 Å². The molecule has 0 saturated heterocycles. The lowest BCUT2D eigenvalue weighted by atomic mass is 10.1. The fraction of sp³-hybridized carbons (Fsp3) is 0.188. The molecule has 0 aliphatic rings. The summed E-state index contributed by atoms with van der Waals surface area (Å²) in [6, 6.07) is 14.5. The molecule has 1 amide bonds. The number of hydrogen-bond donors (Lipinski definition) is 2. The lowest BCUT2D eigenvalue weighted by Crippen LogP contribution is -2.20. The first-order chi connectivity index (χ1) is 10.1. The van der Waals surface area contributed by atoms with E-state index in [0.29, 0.717) is 11.3 Å². The van der Waals surface area contributed by atoms with Gasteiger partial charge in [0.2, 0.25) is 0 Å². The van der Waals surface area contributed by atoms with Crippen LogP contribution in [0.15, 0.2) is 53.0 Å². The highest BCUT2D eigenvalue weighted by Gasteiger charge is 2.11. The van der Waals surface area contributed by atoms with Crippen molar-refractivity contribution in [2.75, 3.05) is 11.9 Å². The highest BCUT2D eigenvalue weighted by molar-refractivity contribution is 9.10. The first kappa shape index (κ1) is 15.5. The maximum atomic E-state index is 11.8. The van der Waals surface area contributed by atoms with E-state index in [-0.39, 0.29) is 12.5 Å². The van der Waals surface area contributed by atoms with Crippen molar-refractivity contribution in [1.82, 2.24) is 0 Å². The Labute approximate surface area is 131 Å². The molecule has 0 radical (unpaired) electrons. The van der Waals surface area contributed by atoms with Crippen molar-refractivity contribution in [3.05, 3.63) is 58.6 Å².